The Morgan fingerprint density at radius 3 is 2.65 bits per heavy atom. The number of carbonyl (C=O) groups is 1. The van der Waals surface area contributed by atoms with Crippen LogP contribution in [0.3, 0.4) is 0 Å². The van der Waals surface area contributed by atoms with Crippen LogP contribution in [0.1, 0.15) is 44.6 Å². The second-order valence-corrected chi connectivity index (χ2v) is 5.73. The van der Waals surface area contributed by atoms with E-state index in [1.807, 2.05) is 24.3 Å². The Balaban J connectivity index is 0.00000200. The van der Waals surface area contributed by atoms with Gasteiger partial charge in [-0.2, -0.15) is 0 Å². The van der Waals surface area contributed by atoms with Crippen LogP contribution in [0.25, 0.3) is 0 Å². The topological polar surface area (TPSA) is 55.1 Å². The minimum atomic E-state index is 0. The molecule has 1 aromatic rings. The number of halogens is 1. The summed E-state index contributed by atoms with van der Waals surface area (Å²) in [6.07, 6.45) is 6.23. The predicted molar refractivity (Wildman–Crippen MR) is 86.0 cm³/mol. The van der Waals surface area contributed by atoms with E-state index in [2.05, 4.69) is 12.2 Å². The molecular formula is C16H25ClN2O. The summed E-state index contributed by atoms with van der Waals surface area (Å²) in [6.45, 7) is 3.06. The quantitative estimate of drug-likeness (QED) is 0.758. The monoisotopic (exact) mass is 296 g/mol. The standard InChI is InChI=1S/C16H24N2O.ClH/c1-2-9-16(10-11-16)12-18-15(19)8-7-13-5-3-4-6-14(13)17;/h3-6H,2,7-12,17H2,1H3,(H,18,19);1H. The second kappa shape index (κ2) is 7.53. The minimum Gasteiger partial charge on any atom is -0.399 e. The van der Waals surface area contributed by atoms with Crippen LogP contribution in [0.2, 0.25) is 0 Å². The van der Waals surface area contributed by atoms with Crippen molar-refractivity contribution in [1.82, 2.24) is 5.32 Å². The van der Waals surface area contributed by atoms with E-state index in [1.54, 1.807) is 0 Å². The highest BCUT2D eigenvalue weighted by Gasteiger charge is 2.41. The van der Waals surface area contributed by atoms with Crippen molar-refractivity contribution in [2.75, 3.05) is 12.3 Å². The summed E-state index contributed by atoms with van der Waals surface area (Å²) in [5.74, 6) is 0.144. The van der Waals surface area contributed by atoms with Crippen molar-refractivity contribution in [3.05, 3.63) is 29.8 Å². The fourth-order valence-electron chi connectivity index (χ4n) is 2.61. The number of carbonyl (C=O) groups excluding carboxylic acids is 1. The van der Waals surface area contributed by atoms with Gasteiger partial charge in [-0.25, -0.2) is 0 Å². The molecule has 0 heterocycles. The van der Waals surface area contributed by atoms with Gasteiger partial charge in [-0.1, -0.05) is 31.5 Å². The fourth-order valence-corrected chi connectivity index (χ4v) is 2.61. The number of amides is 1. The molecule has 4 heteroatoms. The van der Waals surface area contributed by atoms with E-state index in [9.17, 15) is 4.79 Å². The first kappa shape index (κ1) is 16.8. The Morgan fingerprint density at radius 1 is 1.35 bits per heavy atom. The molecule has 0 spiro atoms. The zero-order chi connectivity index (χ0) is 13.7. The molecule has 1 aliphatic rings. The van der Waals surface area contributed by atoms with E-state index in [0.29, 0.717) is 11.8 Å². The summed E-state index contributed by atoms with van der Waals surface area (Å²) in [5, 5.41) is 3.08. The van der Waals surface area contributed by atoms with Gasteiger partial charge in [0.25, 0.3) is 0 Å². The van der Waals surface area contributed by atoms with E-state index in [1.165, 1.54) is 25.7 Å². The molecule has 1 saturated carbocycles. The smallest absolute Gasteiger partial charge is 0.220 e. The number of para-hydroxylation sites is 1. The molecule has 1 aromatic carbocycles. The maximum atomic E-state index is 11.9. The van der Waals surface area contributed by atoms with Crippen molar-refractivity contribution in [2.24, 2.45) is 5.41 Å². The SMILES string of the molecule is CCCC1(CNC(=O)CCc2ccccc2N)CC1.Cl. The van der Waals surface area contributed by atoms with Gasteiger partial charge in [0.2, 0.25) is 5.91 Å². The Kier molecular flexibility index (Phi) is 6.34. The second-order valence-electron chi connectivity index (χ2n) is 5.73. The number of nitrogens with two attached hydrogens (primary N) is 1. The number of aryl methyl sites for hydroxylation is 1. The zero-order valence-electron chi connectivity index (χ0n) is 12.2. The van der Waals surface area contributed by atoms with Crippen LogP contribution in [-0.2, 0) is 11.2 Å². The average molecular weight is 297 g/mol. The lowest BCUT2D eigenvalue weighted by Gasteiger charge is -2.15. The van der Waals surface area contributed by atoms with Crippen molar-refractivity contribution >= 4 is 24.0 Å². The lowest BCUT2D eigenvalue weighted by Crippen LogP contribution is -2.30. The van der Waals surface area contributed by atoms with Crippen molar-refractivity contribution in [3.63, 3.8) is 0 Å². The van der Waals surface area contributed by atoms with Crippen LogP contribution in [0.15, 0.2) is 24.3 Å². The first-order chi connectivity index (χ1) is 9.15. The Hall–Kier alpha value is -1.22. The molecule has 2 rings (SSSR count). The van der Waals surface area contributed by atoms with Gasteiger partial charge in [-0.3, -0.25) is 4.79 Å². The van der Waals surface area contributed by atoms with E-state index in [0.717, 1.165) is 24.2 Å². The summed E-state index contributed by atoms with van der Waals surface area (Å²) in [5.41, 5.74) is 8.13. The van der Waals surface area contributed by atoms with Gasteiger partial charge in [-0.05, 0) is 42.7 Å². The third-order valence-electron chi connectivity index (χ3n) is 4.07. The molecule has 0 unspecified atom stereocenters. The highest BCUT2D eigenvalue weighted by Crippen LogP contribution is 2.48. The largest absolute Gasteiger partial charge is 0.399 e. The van der Waals surface area contributed by atoms with Crippen LogP contribution in [0.4, 0.5) is 5.69 Å². The van der Waals surface area contributed by atoms with Gasteiger partial charge >= 0.3 is 0 Å². The highest BCUT2D eigenvalue weighted by atomic mass is 35.5. The normalized spacial score (nSPS) is 15.2. The lowest BCUT2D eigenvalue weighted by atomic mass is 10.0. The number of rotatable bonds is 7. The average Bonchev–Trinajstić information content (AvgIpc) is 3.16. The summed E-state index contributed by atoms with van der Waals surface area (Å²) < 4.78 is 0. The van der Waals surface area contributed by atoms with Gasteiger partial charge in [0.15, 0.2) is 0 Å². The maximum Gasteiger partial charge on any atom is 0.220 e. The molecule has 1 aliphatic carbocycles. The molecule has 0 bridgehead atoms. The van der Waals surface area contributed by atoms with Crippen molar-refractivity contribution in [1.29, 1.82) is 0 Å². The molecule has 0 saturated heterocycles. The zero-order valence-corrected chi connectivity index (χ0v) is 13.0. The van der Waals surface area contributed by atoms with E-state index < -0.39 is 0 Å². The summed E-state index contributed by atoms with van der Waals surface area (Å²) in [7, 11) is 0. The molecule has 1 amide bonds. The first-order valence-electron chi connectivity index (χ1n) is 7.25. The molecular weight excluding hydrogens is 272 g/mol. The number of anilines is 1. The number of nitrogens with one attached hydrogen (secondary N) is 1. The van der Waals surface area contributed by atoms with Gasteiger partial charge in [0.1, 0.15) is 0 Å². The fraction of sp³-hybridized carbons (Fsp3) is 0.562. The predicted octanol–water partition coefficient (Wildman–Crippen LogP) is 3.32. The summed E-state index contributed by atoms with van der Waals surface area (Å²) in [6, 6.07) is 7.75. The number of benzene rings is 1. The molecule has 1 fully saturated rings. The number of nitrogen functional groups attached to an aromatic ring is 1. The molecule has 3 N–H and O–H groups in total. The summed E-state index contributed by atoms with van der Waals surface area (Å²) in [4.78, 5) is 11.9. The molecule has 20 heavy (non-hydrogen) atoms. The number of hydrogen-bond donors (Lipinski definition) is 2. The van der Waals surface area contributed by atoms with Crippen LogP contribution in [0, 0.1) is 5.41 Å². The van der Waals surface area contributed by atoms with Crippen molar-refractivity contribution in [2.45, 2.75) is 45.4 Å². The van der Waals surface area contributed by atoms with Crippen LogP contribution >= 0.6 is 12.4 Å². The van der Waals surface area contributed by atoms with Crippen LogP contribution < -0.4 is 11.1 Å². The third-order valence-corrected chi connectivity index (χ3v) is 4.07. The molecule has 112 valence electrons. The van der Waals surface area contributed by atoms with Gasteiger partial charge in [-0.15, -0.1) is 12.4 Å². The molecule has 0 aliphatic heterocycles. The van der Waals surface area contributed by atoms with E-state index in [4.69, 9.17) is 5.73 Å². The highest BCUT2D eigenvalue weighted by molar-refractivity contribution is 5.85. The van der Waals surface area contributed by atoms with Crippen LogP contribution in [0.5, 0.6) is 0 Å². The molecule has 3 nitrogen and oxygen atoms in total. The van der Waals surface area contributed by atoms with Crippen molar-refractivity contribution in [3.8, 4) is 0 Å². The van der Waals surface area contributed by atoms with Gasteiger partial charge in [0.05, 0.1) is 0 Å². The molecule has 0 aromatic heterocycles. The number of hydrogen-bond acceptors (Lipinski definition) is 2. The van der Waals surface area contributed by atoms with Crippen molar-refractivity contribution < 1.29 is 4.79 Å². The minimum absolute atomic E-state index is 0. The maximum absolute atomic E-state index is 11.9. The van der Waals surface area contributed by atoms with E-state index >= 15 is 0 Å². The lowest BCUT2D eigenvalue weighted by molar-refractivity contribution is -0.121. The summed E-state index contributed by atoms with van der Waals surface area (Å²) >= 11 is 0. The van der Waals surface area contributed by atoms with E-state index in [-0.39, 0.29) is 18.3 Å². The Bertz CT molecular complexity index is 444. The first-order valence-corrected chi connectivity index (χ1v) is 7.25. The van der Waals surface area contributed by atoms with Gasteiger partial charge in [0, 0.05) is 18.7 Å². The Morgan fingerprint density at radius 2 is 2.05 bits per heavy atom. The molecule has 0 atom stereocenters. The molecule has 0 radical (unpaired) electrons. The Labute approximate surface area is 127 Å². The third kappa shape index (κ3) is 4.71. The van der Waals surface area contributed by atoms with Crippen LogP contribution in [-0.4, -0.2) is 12.5 Å². The van der Waals surface area contributed by atoms with Gasteiger partial charge < -0.3 is 11.1 Å².